The molecule has 4 nitrogen and oxygen atoms in total. The first-order chi connectivity index (χ1) is 7.25. The van der Waals surface area contributed by atoms with E-state index in [4.69, 9.17) is 4.42 Å². The topological polar surface area (TPSA) is 54.3 Å². The molecule has 16 heavy (non-hydrogen) atoms. The van der Waals surface area contributed by atoms with Crippen molar-refractivity contribution in [1.29, 1.82) is 0 Å². The van der Waals surface area contributed by atoms with Gasteiger partial charge in [0.05, 0.1) is 0 Å². The molecule has 1 aromatic heterocycles. The minimum absolute atomic E-state index is 0. The fourth-order valence-electron chi connectivity index (χ4n) is 1.79. The van der Waals surface area contributed by atoms with Crippen LogP contribution in [0.2, 0.25) is 0 Å². The maximum Gasteiger partial charge on any atom is 0.287 e. The van der Waals surface area contributed by atoms with Crippen molar-refractivity contribution >= 4 is 18.3 Å². The summed E-state index contributed by atoms with van der Waals surface area (Å²) in [5.74, 6) is 1.05. The fourth-order valence-corrected chi connectivity index (χ4v) is 1.79. The molecule has 1 amide bonds. The highest BCUT2D eigenvalue weighted by Gasteiger charge is 2.17. The van der Waals surface area contributed by atoms with Gasteiger partial charge in [-0.25, -0.2) is 0 Å². The summed E-state index contributed by atoms with van der Waals surface area (Å²) in [5.41, 5.74) is 0. The van der Waals surface area contributed by atoms with Gasteiger partial charge < -0.3 is 15.1 Å². The zero-order chi connectivity index (χ0) is 10.7. The maximum atomic E-state index is 11.7. The van der Waals surface area contributed by atoms with Crippen LogP contribution in [-0.4, -0.2) is 25.0 Å². The van der Waals surface area contributed by atoms with Crippen LogP contribution in [0.3, 0.4) is 0 Å². The highest BCUT2D eigenvalue weighted by molar-refractivity contribution is 5.91. The number of halogens is 1. The van der Waals surface area contributed by atoms with Gasteiger partial charge in [-0.15, -0.1) is 12.4 Å². The molecule has 0 aromatic carbocycles. The van der Waals surface area contributed by atoms with E-state index in [0.717, 1.165) is 31.7 Å². The third-order valence-electron chi connectivity index (χ3n) is 2.60. The Morgan fingerprint density at radius 3 is 2.94 bits per heavy atom. The molecule has 0 spiro atoms. The number of carbonyl (C=O) groups is 1. The lowest BCUT2D eigenvalue weighted by atomic mass is 10.1. The summed E-state index contributed by atoms with van der Waals surface area (Å²) in [6.07, 6.45) is 2.15. The quantitative estimate of drug-likeness (QED) is 0.829. The minimum Gasteiger partial charge on any atom is -0.456 e. The molecule has 1 aromatic rings. The summed E-state index contributed by atoms with van der Waals surface area (Å²) in [5, 5.41) is 6.20. The normalized spacial score (nSPS) is 19.9. The molecule has 1 aliphatic heterocycles. The predicted molar refractivity (Wildman–Crippen MR) is 64.1 cm³/mol. The van der Waals surface area contributed by atoms with Crippen molar-refractivity contribution in [1.82, 2.24) is 10.6 Å². The average molecular weight is 245 g/mol. The molecule has 1 fully saturated rings. The second-order valence-electron chi connectivity index (χ2n) is 3.93. The molecule has 5 heteroatoms. The van der Waals surface area contributed by atoms with E-state index in [2.05, 4.69) is 10.6 Å². The van der Waals surface area contributed by atoms with Crippen LogP contribution >= 0.6 is 12.4 Å². The van der Waals surface area contributed by atoms with Crippen LogP contribution in [0.15, 0.2) is 16.5 Å². The molecule has 0 unspecified atom stereocenters. The van der Waals surface area contributed by atoms with Crippen molar-refractivity contribution in [2.45, 2.75) is 25.8 Å². The largest absolute Gasteiger partial charge is 0.456 e. The van der Waals surface area contributed by atoms with Crippen molar-refractivity contribution < 1.29 is 9.21 Å². The molecule has 1 atom stereocenters. The lowest BCUT2D eigenvalue weighted by molar-refractivity contribution is 0.0901. The van der Waals surface area contributed by atoms with Gasteiger partial charge in [0.1, 0.15) is 5.76 Å². The number of carbonyl (C=O) groups excluding carboxylic acids is 1. The molecule has 2 rings (SSSR count). The summed E-state index contributed by atoms with van der Waals surface area (Å²) in [7, 11) is 0. The molecule has 0 radical (unpaired) electrons. The van der Waals surface area contributed by atoms with Crippen molar-refractivity contribution in [2.75, 3.05) is 13.1 Å². The van der Waals surface area contributed by atoms with Gasteiger partial charge in [-0.1, -0.05) is 0 Å². The number of aryl methyl sites for hydroxylation is 1. The van der Waals surface area contributed by atoms with Gasteiger partial charge in [-0.3, -0.25) is 4.79 Å². The first kappa shape index (κ1) is 13.1. The van der Waals surface area contributed by atoms with Gasteiger partial charge in [0.15, 0.2) is 5.76 Å². The summed E-state index contributed by atoms with van der Waals surface area (Å²) in [6, 6.07) is 3.74. The molecule has 0 saturated carbocycles. The number of nitrogens with one attached hydrogen (secondary N) is 2. The van der Waals surface area contributed by atoms with Gasteiger partial charge in [0.25, 0.3) is 5.91 Å². The predicted octanol–water partition coefficient (Wildman–Crippen LogP) is 1.49. The molecule has 1 aliphatic rings. The van der Waals surface area contributed by atoms with Crippen LogP contribution in [0.5, 0.6) is 0 Å². The first-order valence-corrected chi connectivity index (χ1v) is 5.34. The second-order valence-corrected chi connectivity index (χ2v) is 3.93. The number of rotatable bonds is 2. The van der Waals surface area contributed by atoms with E-state index in [1.54, 1.807) is 12.1 Å². The third kappa shape index (κ3) is 3.25. The van der Waals surface area contributed by atoms with Crippen LogP contribution < -0.4 is 10.6 Å². The Hall–Kier alpha value is -1.00. The van der Waals surface area contributed by atoms with E-state index in [-0.39, 0.29) is 24.4 Å². The van der Waals surface area contributed by atoms with Crippen LogP contribution in [-0.2, 0) is 0 Å². The van der Waals surface area contributed by atoms with Crippen molar-refractivity contribution in [3.63, 3.8) is 0 Å². The molecule has 2 N–H and O–H groups in total. The Bertz CT molecular complexity index is 346. The lowest BCUT2D eigenvalue weighted by Crippen LogP contribution is -2.45. The van der Waals surface area contributed by atoms with Gasteiger partial charge in [-0.05, 0) is 38.4 Å². The van der Waals surface area contributed by atoms with Crippen LogP contribution in [0.4, 0.5) is 0 Å². The van der Waals surface area contributed by atoms with Crippen molar-refractivity contribution in [2.24, 2.45) is 0 Å². The zero-order valence-corrected chi connectivity index (χ0v) is 10.1. The smallest absolute Gasteiger partial charge is 0.287 e. The second kappa shape index (κ2) is 5.92. The van der Waals surface area contributed by atoms with Crippen LogP contribution in [0.25, 0.3) is 0 Å². The molecule has 90 valence electrons. The highest BCUT2D eigenvalue weighted by Crippen LogP contribution is 2.08. The Kier molecular flexibility index (Phi) is 4.83. The van der Waals surface area contributed by atoms with Gasteiger partial charge in [0, 0.05) is 12.6 Å². The first-order valence-electron chi connectivity index (χ1n) is 5.34. The van der Waals surface area contributed by atoms with Crippen LogP contribution in [0.1, 0.15) is 29.2 Å². The van der Waals surface area contributed by atoms with E-state index < -0.39 is 0 Å². The fraction of sp³-hybridized carbons (Fsp3) is 0.545. The zero-order valence-electron chi connectivity index (χ0n) is 9.29. The standard InChI is InChI=1S/C11H16N2O2.ClH/c1-8-4-5-10(15-8)11(14)13-9-3-2-6-12-7-9;/h4-5,9,12H,2-3,6-7H2,1H3,(H,13,14);1H/t9-;/m0./s1. The van der Waals surface area contributed by atoms with Crippen molar-refractivity contribution in [3.8, 4) is 0 Å². The van der Waals surface area contributed by atoms with Gasteiger partial charge in [0.2, 0.25) is 0 Å². The molecule has 0 aliphatic carbocycles. The number of hydrogen-bond acceptors (Lipinski definition) is 3. The maximum absolute atomic E-state index is 11.7. The summed E-state index contributed by atoms with van der Waals surface area (Å²) in [4.78, 5) is 11.7. The Balaban J connectivity index is 0.00000128. The SMILES string of the molecule is Cc1ccc(C(=O)N[C@H]2CCCNC2)o1.Cl. The Labute approximate surface area is 101 Å². The minimum atomic E-state index is -0.114. The molecule has 0 bridgehead atoms. The number of piperidine rings is 1. The van der Waals surface area contributed by atoms with E-state index in [0.29, 0.717) is 5.76 Å². The van der Waals surface area contributed by atoms with E-state index in [1.165, 1.54) is 0 Å². The third-order valence-corrected chi connectivity index (χ3v) is 2.60. The molecule has 1 saturated heterocycles. The van der Waals surface area contributed by atoms with E-state index in [9.17, 15) is 4.79 Å². The van der Waals surface area contributed by atoms with E-state index in [1.807, 2.05) is 6.92 Å². The molecular weight excluding hydrogens is 228 g/mol. The van der Waals surface area contributed by atoms with E-state index >= 15 is 0 Å². The number of furan rings is 1. The van der Waals surface area contributed by atoms with Gasteiger partial charge >= 0.3 is 0 Å². The molecular formula is C11H17ClN2O2. The lowest BCUT2D eigenvalue weighted by Gasteiger charge is -2.23. The van der Waals surface area contributed by atoms with Gasteiger partial charge in [-0.2, -0.15) is 0 Å². The molecule has 2 heterocycles. The number of hydrogen-bond donors (Lipinski definition) is 2. The van der Waals surface area contributed by atoms with Crippen molar-refractivity contribution in [3.05, 3.63) is 23.7 Å². The summed E-state index contributed by atoms with van der Waals surface area (Å²) < 4.78 is 5.25. The Morgan fingerprint density at radius 1 is 1.56 bits per heavy atom. The Morgan fingerprint density at radius 2 is 2.38 bits per heavy atom. The monoisotopic (exact) mass is 244 g/mol. The number of amides is 1. The summed E-state index contributed by atoms with van der Waals surface area (Å²) >= 11 is 0. The summed E-state index contributed by atoms with van der Waals surface area (Å²) in [6.45, 7) is 3.73. The highest BCUT2D eigenvalue weighted by atomic mass is 35.5. The van der Waals surface area contributed by atoms with Crippen LogP contribution in [0, 0.1) is 6.92 Å². The average Bonchev–Trinajstić information content (AvgIpc) is 2.66.